The second kappa shape index (κ2) is 6.99. The standard InChI is InChI=1S/C13H9ClI3NO/c14-10-2-1-9(18)3-7(10)6-19-13-11(16)4-8(15)5-12(13)17/h1-5H,6,18H2. The van der Waals surface area contributed by atoms with E-state index < -0.39 is 0 Å². The number of ether oxygens (including phenoxy) is 1. The Morgan fingerprint density at radius 1 is 1.05 bits per heavy atom. The summed E-state index contributed by atoms with van der Waals surface area (Å²) in [7, 11) is 0. The van der Waals surface area contributed by atoms with Crippen molar-refractivity contribution in [3.05, 3.63) is 51.6 Å². The number of halogens is 4. The van der Waals surface area contributed by atoms with Gasteiger partial charge in [0.2, 0.25) is 0 Å². The van der Waals surface area contributed by atoms with Crippen LogP contribution in [0.1, 0.15) is 5.56 Å². The molecule has 100 valence electrons. The number of hydrogen-bond donors (Lipinski definition) is 1. The Morgan fingerprint density at radius 2 is 1.68 bits per heavy atom. The molecule has 0 atom stereocenters. The molecular formula is C13H9ClI3NO. The van der Waals surface area contributed by atoms with Crippen molar-refractivity contribution in [1.82, 2.24) is 0 Å². The summed E-state index contributed by atoms with van der Waals surface area (Å²) in [5.74, 6) is 0.889. The zero-order valence-corrected chi connectivity index (χ0v) is 16.8. The fourth-order valence-electron chi connectivity index (χ4n) is 1.52. The molecule has 0 spiro atoms. The van der Waals surface area contributed by atoms with Gasteiger partial charge in [-0.25, -0.2) is 0 Å². The largest absolute Gasteiger partial charge is 0.487 e. The van der Waals surface area contributed by atoms with E-state index in [4.69, 9.17) is 22.1 Å². The second-order valence-electron chi connectivity index (χ2n) is 3.84. The van der Waals surface area contributed by atoms with Gasteiger partial charge < -0.3 is 10.5 Å². The molecule has 0 saturated heterocycles. The number of hydrogen-bond acceptors (Lipinski definition) is 2. The van der Waals surface area contributed by atoms with Crippen LogP contribution < -0.4 is 10.5 Å². The summed E-state index contributed by atoms with van der Waals surface area (Å²) in [4.78, 5) is 0. The van der Waals surface area contributed by atoms with Gasteiger partial charge in [-0.05, 0) is 98.1 Å². The van der Waals surface area contributed by atoms with Gasteiger partial charge in [0.05, 0.1) is 7.14 Å². The predicted octanol–water partition coefficient (Wildman–Crippen LogP) is 5.32. The fourth-order valence-corrected chi connectivity index (χ4v) is 5.59. The summed E-state index contributed by atoms with van der Waals surface area (Å²) >= 11 is 13.0. The van der Waals surface area contributed by atoms with Gasteiger partial charge in [-0.2, -0.15) is 0 Å². The smallest absolute Gasteiger partial charge is 0.146 e. The second-order valence-corrected chi connectivity index (χ2v) is 7.82. The van der Waals surface area contributed by atoms with Crippen LogP contribution in [-0.2, 0) is 6.61 Å². The van der Waals surface area contributed by atoms with Gasteiger partial charge in [-0.15, -0.1) is 0 Å². The van der Waals surface area contributed by atoms with Crippen LogP contribution in [0.3, 0.4) is 0 Å². The zero-order valence-electron chi connectivity index (χ0n) is 9.59. The lowest BCUT2D eigenvalue weighted by molar-refractivity contribution is 0.302. The third-order valence-electron chi connectivity index (χ3n) is 2.40. The van der Waals surface area contributed by atoms with Crippen LogP contribution in [0.25, 0.3) is 0 Å². The Hall–Kier alpha value is 0.520. The van der Waals surface area contributed by atoms with Gasteiger partial charge in [-0.1, -0.05) is 11.6 Å². The number of rotatable bonds is 3. The molecule has 6 heteroatoms. The minimum atomic E-state index is 0.413. The van der Waals surface area contributed by atoms with Crippen molar-refractivity contribution in [1.29, 1.82) is 0 Å². The highest BCUT2D eigenvalue weighted by Gasteiger charge is 2.09. The van der Waals surface area contributed by atoms with E-state index in [2.05, 4.69) is 79.9 Å². The van der Waals surface area contributed by atoms with Crippen LogP contribution >= 0.6 is 79.4 Å². The van der Waals surface area contributed by atoms with Crippen molar-refractivity contribution in [2.24, 2.45) is 0 Å². The predicted molar refractivity (Wildman–Crippen MR) is 105 cm³/mol. The molecule has 2 rings (SSSR count). The monoisotopic (exact) mass is 611 g/mol. The van der Waals surface area contributed by atoms with E-state index >= 15 is 0 Å². The molecule has 0 aromatic heterocycles. The van der Waals surface area contributed by atoms with Crippen LogP contribution in [0.2, 0.25) is 5.02 Å². The van der Waals surface area contributed by atoms with Gasteiger partial charge in [0.1, 0.15) is 12.4 Å². The normalized spacial score (nSPS) is 10.5. The summed E-state index contributed by atoms with van der Waals surface area (Å²) in [5, 5.41) is 0.671. The Bertz CT molecular complexity index is 596. The van der Waals surface area contributed by atoms with E-state index in [0.29, 0.717) is 17.3 Å². The average molecular weight is 611 g/mol. The summed E-state index contributed by atoms with van der Waals surface area (Å²) in [6.07, 6.45) is 0. The first kappa shape index (κ1) is 15.9. The van der Waals surface area contributed by atoms with E-state index in [9.17, 15) is 0 Å². The molecule has 19 heavy (non-hydrogen) atoms. The van der Waals surface area contributed by atoms with Gasteiger partial charge in [0.25, 0.3) is 0 Å². The molecule has 2 nitrogen and oxygen atoms in total. The summed E-state index contributed by atoms with van der Waals surface area (Å²) in [5.41, 5.74) is 7.34. The van der Waals surface area contributed by atoms with Gasteiger partial charge >= 0.3 is 0 Å². The first-order valence-electron chi connectivity index (χ1n) is 5.28. The van der Waals surface area contributed by atoms with Crippen LogP contribution in [-0.4, -0.2) is 0 Å². The molecule has 2 aromatic carbocycles. The van der Waals surface area contributed by atoms with Crippen molar-refractivity contribution in [3.63, 3.8) is 0 Å². The minimum absolute atomic E-state index is 0.413. The highest BCUT2D eigenvalue weighted by atomic mass is 127. The number of nitrogens with two attached hydrogens (primary N) is 1. The van der Waals surface area contributed by atoms with Crippen LogP contribution in [0.5, 0.6) is 5.75 Å². The van der Waals surface area contributed by atoms with Gasteiger partial charge in [-0.3, -0.25) is 0 Å². The van der Waals surface area contributed by atoms with Crippen LogP contribution in [0, 0.1) is 10.7 Å². The highest BCUT2D eigenvalue weighted by molar-refractivity contribution is 14.1. The Morgan fingerprint density at radius 3 is 2.32 bits per heavy atom. The summed E-state index contributed by atoms with van der Waals surface area (Å²) in [6.45, 7) is 0.413. The molecule has 0 amide bonds. The van der Waals surface area contributed by atoms with Crippen molar-refractivity contribution in [3.8, 4) is 5.75 Å². The van der Waals surface area contributed by atoms with E-state index in [-0.39, 0.29) is 0 Å². The molecule has 0 heterocycles. The molecule has 0 aliphatic heterocycles. The molecule has 0 bridgehead atoms. The zero-order chi connectivity index (χ0) is 14.0. The Balaban J connectivity index is 2.21. The average Bonchev–Trinajstić information content (AvgIpc) is 2.32. The lowest BCUT2D eigenvalue weighted by atomic mass is 10.2. The van der Waals surface area contributed by atoms with Crippen molar-refractivity contribution in [2.45, 2.75) is 6.61 Å². The molecule has 0 unspecified atom stereocenters. The highest BCUT2D eigenvalue weighted by Crippen LogP contribution is 2.31. The summed E-state index contributed by atoms with van der Waals surface area (Å²) < 4.78 is 9.26. The maximum atomic E-state index is 6.13. The molecule has 0 saturated carbocycles. The van der Waals surface area contributed by atoms with E-state index in [1.807, 2.05) is 6.07 Å². The van der Waals surface area contributed by atoms with Crippen LogP contribution in [0.15, 0.2) is 30.3 Å². The van der Waals surface area contributed by atoms with Crippen molar-refractivity contribution in [2.75, 3.05) is 5.73 Å². The molecule has 2 N–H and O–H groups in total. The molecule has 2 aromatic rings. The third-order valence-corrected chi connectivity index (χ3v) is 5.00. The SMILES string of the molecule is Nc1ccc(Cl)c(COc2c(I)cc(I)cc2I)c1. The molecular weight excluding hydrogens is 602 g/mol. The van der Waals surface area contributed by atoms with Gasteiger partial charge in [0.15, 0.2) is 0 Å². The van der Waals surface area contributed by atoms with Crippen molar-refractivity contribution < 1.29 is 4.74 Å². The number of anilines is 1. The topological polar surface area (TPSA) is 35.2 Å². The lowest BCUT2D eigenvalue weighted by Gasteiger charge is -2.12. The fraction of sp³-hybridized carbons (Fsp3) is 0.0769. The molecule has 0 radical (unpaired) electrons. The quantitative estimate of drug-likeness (QED) is 0.377. The molecule has 0 fully saturated rings. The van der Waals surface area contributed by atoms with Gasteiger partial charge in [0, 0.05) is 19.8 Å². The Kier molecular flexibility index (Phi) is 5.85. The van der Waals surface area contributed by atoms with Crippen molar-refractivity contribution >= 4 is 85.1 Å². The number of benzene rings is 2. The number of nitrogen functional groups attached to an aromatic ring is 1. The Labute approximate surface area is 157 Å². The molecule has 0 aliphatic carbocycles. The van der Waals surface area contributed by atoms with Crippen LogP contribution in [0.4, 0.5) is 5.69 Å². The minimum Gasteiger partial charge on any atom is -0.487 e. The molecule has 0 aliphatic rings. The van der Waals surface area contributed by atoms with E-state index in [1.165, 1.54) is 3.57 Å². The summed E-state index contributed by atoms with van der Waals surface area (Å²) in [6, 6.07) is 9.58. The first-order chi connectivity index (χ1) is 8.97. The first-order valence-corrected chi connectivity index (χ1v) is 8.90. The van der Waals surface area contributed by atoms with E-state index in [0.717, 1.165) is 18.5 Å². The maximum Gasteiger partial charge on any atom is 0.146 e. The third kappa shape index (κ3) is 4.24. The van der Waals surface area contributed by atoms with E-state index in [1.54, 1.807) is 12.1 Å². The lowest BCUT2D eigenvalue weighted by Crippen LogP contribution is -2.01. The maximum absolute atomic E-state index is 6.13.